The number of carbonyl (C=O) groups excluding carboxylic acids is 4. The number of nitrogen functional groups attached to an aromatic ring is 2. The molecule has 0 fully saturated rings. The molecule has 0 aliphatic carbocycles. The number of carbonyl (C=O) groups is 4. The Hall–Kier alpha value is -5.26. The van der Waals surface area contributed by atoms with Crippen molar-refractivity contribution in [2.24, 2.45) is 0 Å². The van der Waals surface area contributed by atoms with Crippen LogP contribution in [0.5, 0.6) is 0 Å². The molecular weight excluding hydrogens is 526 g/mol. The van der Waals surface area contributed by atoms with Crippen LogP contribution in [-0.4, -0.2) is 63.2 Å². The maximum Gasteiger partial charge on any atom is 0.328 e. The van der Waals surface area contributed by atoms with Gasteiger partial charge < -0.3 is 26.5 Å². The number of aromatic amines is 1. The first-order valence-electron chi connectivity index (χ1n) is 13.1. The average Bonchev–Trinajstić information content (AvgIpc) is 3.49. The summed E-state index contributed by atoms with van der Waals surface area (Å²) in [6, 6.07) is 12.8. The molecule has 0 saturated carbocycles. The quantitative estimate of drug-likeness (QED) is 0.168. The van der Waals surface area contributed by atoms with E-state index in [2.05, 4.69) is 20.3 Å². The number of nitrogens with zero attached hydrogens (tertiary/aromatic N) is 3. The second-order valence-electron chi connectivity index (χ2n) is 9.70. The molecule has 0 bridgehead atoms. The van der Waals surface area contributed by atoms with Crippen molar-refractivity contribution >= 4 is 46.5 Å². The van der Waals surface area contributed by atoms with Crippen LogP contribution >= 0.6 is 0 Å². The number of aromatic nitrogens is 3. The summed E-state index contributed by atoms with van der Waals surface area (Å²) in [5.41, 5.74) is 15.3. The van der Waals surface area contributed by atoms with Crippen LogP contribution in [0.25, 0.3) is 11.0 Å². The number of H-pyrrole nitrogens is 1. The Bertz CT molecular complexity index is 1610. The van der Waals surface area contributed by atoms with E-state index in [1.54, 1.807) is 36.4 Å². The van der Waals surface area contributed by atoms with Crippen LogP contribution in [0, 0.1) is 0 Å². The van der Waals surface area contributed by atoms with Crippen LogP contribution in [0.1, 0.15) is 55.0 Å². The Morgan fingerprint density at radius 1 is 1.00 bits per heavy atom. The van der Waals surface area contributed by atoms with Gasteiger partial charge in [-0.25, -0.2) is 4.79 Å². The van der Waals surface area contributed by atoms with Gasteiger partial charge in [0.25, 0.3) is 17.7 Å². The molecule has 1 aliphatic heterocycles. The zero-order chi connectivity index (χ0) is 29.1. The number of nitrogens with one attached hydrogen (secondary N) is 2. The lowest BCUT2D eigenvalue weighted by molar-refractivity contribution is -0.143. The van der Waals surface area contributed by atoms with Crippen molar-refractivity contribution in [2.75, 3.05) is 25.1 Å². The van der Waals surface area contributed by atoms with E-state index in [1.165, 1.54) is 7.11 Å². The van der Waals surface area contributed by atoms with E-state index in [4.69, 9.17) is 16.2 Å². The molecule has 2 aromatic carbocycles. The first-order chi connectivity index (χ1) is 19.8. The highest BCUT2D eigenvalue weighted by Gasteiger charge is 2.35. The first kappa shape index (κ1) is 27.3. The van der Waals surface area contributed by atoms with Crippen molar-refractivity contribution in [1.29, 1.82) is 0 Å². The maximum atomic E-state index is 12.9. The zero-order valence-corrected chi connectivity index (χ0v) is 22.3. The van der Waals surface area contributed by atoms with Crippen LogP contribution in [0.15, 0.2) is 54.7 Å². The number of amides is 3. The third-order valence-electron chi connectivity index (χ3n) is 7.10. The SMILES string of the molecule is COC(=O)[C@H](CCCN1C(=O)c2ccccc2C1=O)NC(=O)c1ccc(CCc2c[nH]c3nc(N)nc(N)c23)cc1. The number of fused-ring (bicyclic) bond motifs is 2. The van der Waals surface area contributed by atoms with E-state index in [0.717, 1.165) is 21.4 Å². The lowest BCUT2D eigenvalue weighted by atomic mass is 10.0. The summed E-state index contributed by atoms with van der Waals surface area (Å²) in [6.45, 7) is 0.117. The van der Waals surface area contributed by atoms with Crippen molar-refractivity contribution in [3.8, 4) is 0 Å². The number of anilines is 2. The number of esters is 1. The predicted molar refractivity (Wildman–Crippen MR) is 151 cm³/mol. The number of benzene rings is 2. The number of imide groups is 1. The molecule has 0 unspecified atom stereocenters. The lowest BCUT2D eigenvalue weighted by Gasteiger charge is -2.19. The highest BCUT2D eigenvalue weighted by Crippen LogP contribution is 2.25. The highest BCUT2D eigenvalue weighted by molar-refractivity contribution is 6.21. The van der Waals surface area contributed by atoms with Gasteiger partial charge in [0.2, 0.25) is 5.95 Å². The molecule has 5 rings (SSSR count). The van der Waals surface area contributed by atoms with Crippen LogP contribution in [0.2, 0.25) is 0 Å². The summed E-state index contributed by atoms with van der Waals surface area (Å²) in [6.07, 6.45) is 3.67. The molecule has 41 heavy (non-hydrogen) atoms. The van der Waals surface area contributed by atoms with Gasteiger partial charge in [0.15, 0.2) is 0 Å². The van der Waals surface area contributed by atoms with Gasteiger partial charge in [0.1, 0.15) is 17.5 Å². The number of hydrogen-bond donors (Lipinski definition) is 4. The largest absolute Gasteiger partial charge is 0.467 e. The number of rotatable bonds is 10. The van der Waals surface area contributed by atoms with Gasteiger partial charge in [-0.05, 0) is 61.1 Å². The van der Waals surface area contributed by atoms with Crippen molar-refractivity contribution < 1.29 is 23.9 Å². The maximum absolute atomic E-state index is 12.9. The van der Waals surface area contributed by atoms with Gasteiger partial charge in [0.05, 0.1) is 23.6 Å². The minimum absolute atomic E-state index is 0.106. The van der Waals surface area contributed by atoms with Gasteiger partial charge in [0, 0.05) is 18.3 Å². The van der Waals surface area contributed by atoms with Gasteiger partial charge in [-0.1, -0.05) is 24.3 Å². The number of methoxy groups -OCH3 is 1. The van der Waals surface area contributed by atoms with Crippen LogP contribution < -0.4 is 16.8 Å². The second-order valence-corrected chi connectivity index (χ2v) is 9.70. The van der Waals surface area contributed by atoms with E-state index in [1.807, 2.05) is 18.3 Å². The molecule has 0 saturated heterocycles. The smallest absolute Gasteiger partial charge is 0.328 e. The molecule has 210 valence electrons. The summed E-state index contributed by atoms with van der Waals surface area (Å²) in [7, 11) is 1.24. The molecule has 3 heterocycles. The van der Waals surface area contributed by atoms with E-state index in [0.29, 0.717) is 47.4 Å². The molecule has 2 aromatic heterocycles. The van der Waals surface area contributed by atoms with Crippen molar-refractivity contribution in [1.82, 2.24) is 25.2 Å². The summed E-state index contributed by atoms with van der Waals surface area (Å²) < 4.78 is 4.87. The standard InChI is InChI=1S/C29H29N7O5/c1-41-28(40)21(7-4-14-36-26(38)19-5-2-3-6-20(19)27(36)39)33-25(37)17-11-8-16(9-12-17)10-13-18-15-32-24-22(18)23(30)34-29(31)35-24/h2-3,5-6,8-9,11-12,15,21H,4,7,10,13-14H2,1H3,(H,33,37)(H5,30,31,32,34,35)/t21-/m0/s1. The van der Waals surface area contributed by atoms with Gasteiger partial charge >= 0.3 is 5.97 Å². The number of ether oxygens (including phenoxy) is 1. The van der Waals surface area contributed by atoms with Crippen molar-refractivity contribution in [2.45, 2.75) is 31.7 Å². The molecule has 0 spiro atoms. The van der Waals surface area contributed by atoms with E-state index in [9.17, 15) is 19.2 Å². The fourth-order valence-corrected chi connectivity index (χ4v) is 4.97. The van der Waals surface area contributed by atoms with Crippen LogP contribution in [0.4, 0.5) is 11.8 Å². The molecule has 4 aromatic rings. The number of aryl methyl sites for hydroxylation is 2. The Labute approximate surface area is 235 Å². The minimum atomic E-state index is -0.939. The Balaban J connectivity index is 1.17. The third kappa shape index (κ3) is 5.57. The summed E-state index contributed by atoms with van der Waals surface area (Å²) >= 11 is 0. The predicted octanol–water partition coefficient (Wildman–Crippen LogP) is 2.26. The molecule has 6 N–H and O–H groups in total. The van der Waals surface area contributed by atoms with Crippen molar-refractivity contribution in [3.63, 3.8) is 0 Å². The second kappa shape index (κ2) is 11.5. The lowest BCUT2D eigenvalue weighted by Crippen LogP contribution is -2.42. The van der Waals surface area contributed by atoms with Gasteiger partial charge in [-0.15, -0.1) is 0 Å². The zero-order valence-electron chi connectivity index (χ0n) is 22.3. The fraction of sp³-hybridized carbons (Fsp3) is 0.241. The Morgan fingerprint density at radius 2 is 1.68 bits per heavy atom. The molecule has 3 amide bonds. The summed E-state index contributed by atoms with van der Waals surface area (Å²) in [5, 5.41) is 3.45. The highest BCUT2D eigenvalue weighted by atomic mass is 16.5. The van der Waals surface area contributed by atoms with Gasteiger partial charge in [-0.3, -0.25) is 19.3 Å². The molecule has 12 nitrogen and oxygen atoms in total. The molecule has 1 aliphatic rings. The molecule has 0 radical (unpaired) electrons. The van der Waals surface area contributed by atoms with Crippen LogP contribution in [-0.2, 0) is 22.4 Å². The fourth-order valence-electron chi connectivity index (χ4n) is 4.97. The molecule has 12 heteroatoms. The monoisotopic (exact) mass is 555 g/mol. The molecule has 1 atom stereocenters. The first-order valence-corrected chi connectivity index (χ1v) is 13.1. The molecular formula is C29H29N7O5. The minimum Gasteiger partial charge on any atom is -0.467 e. The van der Waals surface area contributed by atoms with Crippen LogP contribution in [0.3, 0.4) is 0 Å². The van der Waals surface area contributed by atoms with Crippen molar-refractivity contribution in [3.05, 3.63) is 82.5 Å². The van der Waals surface area contributed by atoms with Gasteiger partial charge in [-0.2, -0.15) is 9.97 Å². The number of nitrogens with two attached hydrogens (primary N) is 2. The topological polar surface area (TPSA) is 186 Å². The number of hydrogen-bond acceptors (Lipinski definition) is 9. The Morgan fingerprint density at radius 3 is 2.34 bits per heavy atom. The normalized spacial score (nSPS) is 13.3. The summed E-state index contributed by atoms with van der Waals surface area (Å²) in [4.78, 5) is 62.9. The van der Waals surface area contributed by atoms with E-state index < -0.39 is 17.9 Å². The third-order valence-corrected chi connectivity index (χ3v) is 7.10. The Kier molecular flexibility index (Phi) is 7.64. The van der Waals surface area contributed by atoms with E-state index in [-0.39, 0.29) is 30.7 Å². The average molecular weight is 556 g/mol. The van der Waals surface area contributed by atoms with E-state index >= 15 is 0 Å². The summed E-state index contributed by atoms with van der Waals surface area (Å²) in [5.74, 6) is -1.35.